The summed E-state index contributed by atoms with van der Waals surface area (Å²) in [6.07, 6.45) is 4.69. The van der Waals surface area contributed by atoms with Crippen molar-refractivity contribution in [2.24, 2.45) is 5.92 Å². The van der Waals surface area contributed by atoms with Gasteiger partial charge in [0.15, 0.2) is 0 Å². The van der Waals surface area contributed by atoms with Crippen LogP contribution in [0.4, 0.5) is 0 Å². The van der Waals surface area contributed by atoms with E-state index in [1.165, 1.54) is 17.7 Å². The summed E-state index contributed by atoms with van der Waals surface area (Å²) >= 11 is 7.51. The van der Waals surface area contributed by atoms with Crippen molar-refractivity contribution < 1.29 is 9.84 Å². The van der Waals surface area contributed by atoms with Crippen LogP contribution in [0.2, 0.25) is 4.34 Å². The molecule has 21 heavy (non-hydrogen) atoms. The van der Waals surface area contributed by atoms with E-state index in [9.17, 15) is 5.11 Å². The van der Waals surface area contributed by atoms with Gasteiger partial charge >= 0.3 is 0 Å². The van der Waals surface area contributed by atoms with Crippen molar-refractivity contribution in [2.45, 2.75) is 57.8 Å². The quantitative estimate of drug-likeness (QED) is 0.793. The van der Waals surface area contributed by atoms with E-state index in [-0.39, 0.29) is 6.04 Å². The molecule has 0 saturated heterocycles. The Labute approximate surface area is 136 Å². The third-order valence-corrected chi connectivity index (χ3v) is 5.51. The fraction of sp³-hybridized carbons (Fsp3) is 0.750. The highest BCUT2D eigenvalue weighted by molar-refractivity contribution is 7.16. The van der Waals surface area contributed by atoms with Gasteiger partial charge in [-0.1, -0.05) is 31.4 Å². The van der Waals surface area contributed by atoms with Gasteiger partial charge in [0.2, 0.25) is 0 Å². The minimum absolute atomic E-state index is 0.201. The SMILES string of the molecule is CC1CCCC(OCC(O)CNC(C)c2ccc(Cl)s2)C1. The molecule has 0 aromatic carbocycles. The number of hydrogen-bond acceptors (Lipinski definition) is 4. The Morgan fingerprint density at radius 2 is 2.29 bits per heavy atom. The first-order valence-corrected chi connectivity index (χ1v) is 9.02. The summed E-state index contributed by atoms with van der Waals surface area (Å²) in [4.78, 5) is 1.19. The Kier molecular flexibility index (Phi) is 6.96. The molecular weight excluding hydrogens is 306 g/mol. The maximum absolute atomic E-state index is 10.0. The first kappa shape index (κ1) is 17.2. The molecule has 2 rings (SSSR count). The van der Waals surface area contributed by atoms with Gasteiger partial charge < -0.3 is 15.2 Å². The molecule has 3 nitrogen and oxygen atoms in total. The van der Waals surface area contributed by atoms with E-state index in [4.69, 9.17) is 16.3 Å². The van der Waals surface area contributed by atoms with Gasteiger partial charge in [-0.05, 0) is 37.8 Å². The molecule has 2 N–H and O–H groups in total. The first-order chi connectivity index (χ1) is 10.0. The van der Waals surface area contributed by atoms with Crippen molar-refractivity contribution in [1.29, 1.82) is 0 Å². The van der Waals surface area contributed by atoms with E-state index in [0.29, 0.717) is 19.3 Å². The molecule has 0 aliphatic heterocycles. The molecule has 1 aromatic rings. The zero-order chi connectivity index (χ0) is 15.2. The van der Waals surface area contributed by atoms with Gasteiger partial charge in [0.05, 0.1) is 23.2 Å². The lowest BCUT2D eigenvalue weighted by atomic mass is 9.89. The van der Waals surface area contributed by atoms with Crippen molar-refractivity contribution in [3.05, 3.63) is 21.3 Å². The van der Waals surface area contributed by atoms with Gasteiger partial charge in [0, 0.05) is 17.5 Å². The lowest BCUT2D eigenvalue weighted by molar-refractivity contribution is -0.0310. The minimum atomic E-state index is -0.458. The highest BCUT2D eigenvalue weighted by atomic mass is 35.5. The smallest absolute Gasteiger partial charge is 0.0931 e. The fourth-order valence-corrected chi connectivity index (χ4v) is 3.90. The molecule has 1 saturated carbocycles. The molecule has 0 amide bonds. The Hall–Kier alpha value is -0.130. The second-order valence-electron chi connectivity index (χ2n) is 6.15. The second kappa shape index (κ2) is 8.49. The number of ether oxygens (including phenoxy) is 1. The van der Waals surface area contributed by atoms with Gasteiger partial charge in [0.1, 0.15) is 0 Å². The van der Waals surface area contributed by atoms with E-state index in [2.05, 4.69) is 19.2 Å². The van der Waals surface area contributed by atoms with Crippen LogP contribution in [-0.2, 0) is 4.74 Å². The molecule has 4 atom stereocenters. The summed E-state index contributed by atoms with van der Waals surface area (Å²) in [6.45, 7) is 5.32. The monoisotopic (exact) mass is 331 g/mol. The Morgan fingerprint density at radius 3 is 2.95 bits per heavy atom. The predicted octanol–water partition coefficient (Wildman–Crippen LogP) is 4.01. The van der Waals surface area contributed by atoms with Crippen molar-refractivity contribution in [3.8, 4) is 0 Å². The number of hydrogen-bond donors (Lipinski definition) is 2. The van der Waals surface area contributed by atoms with Gasteiger partial charge in [-0.15, -0.1) is 11.3 Å². The van der Waals surface area contributed by atoms with E-state index < -0.39 is 6.10 Å². The average Bonchev–Trinajstić information content (AvgIpc) is 2.89. The van der Waals surface area contributed by atoms with Crippen LogP contribution in [0.15, 0.2) is 12.1 Å². The molecule has 0 spiro atoms. The lowest BCUT2D eigenvalue weighted by Gasteiger charge is -2.27. The molecule has 4 unspecified atom stereocenters. The van der Waals surface area contributed by atoms with Crippen molar-refractivity contribution >= 4 is 22.9 Å². The van der Waals surface area contributed by atoms with Crippen LogP contribution in [0, 0.1) is 5.92 Å². The molecule has 1 fully saturated rings. The molecule has 0 bridgehead atoms. The molecule has 120 valence electrons. The van der Waals surface area contributed by atoms with Crippen LogP contribution in [0.5, 0.6) is 0 Å². The van der Waals surface area contributed by atoms with Crippen LogP contribution in [-0.4, -0.2) is 30.5 Å². The number of halogens is 1. The Balaban J connectivity index is 1.64. The van der Waals surface area contributed by atoms with Crippen molar-refractivity contribution in [1.82, 2.24) is 5.32 Å². The van der Waals surface area contributed by atoms with E-state index in [0.717, 1.165) is 23.1 Å². The first-order valence-electron chi connectivity index (χ1n) is 7.83. The third kappa shape index (κ3) is 5.87. The average molecular weight is 332 g/mol. The Bertz CT molecular complexity index is 426. The largest absolute Gasteiger partial charge is 0.389 e. The topological polar surface area (TPSA) is 41.5 Å². The van der Waals surface area contributed by atoms with Crippen LogP contribution in [0.3, 0.4) is 0 Å². The van der Waals surface area contributed by atoms with Crippen molar-refractivity contribution in [3.63, 3.8) is 0 Å². The summed E-state index contributed by atoms with van der Waals surface area (Å²) in [5.41, 5.74) is 0. The maximum atomic E-state index is 10.0. The fourth-order valence-electron chi connectivity index (χ4n) is 2.81. The van der Waals surface area contributed by atoms with Crippen LogP contribution >= 0.6 is 22.9 Å². The predicted molar refractivity (Wildman–Crippen MR) is 89.1 cm³/mol. The summed E-state index contributed by atoms with van der Waals surface area (Å²) in [5, 5.41) is 13.4. The number of nitrogens with one attached hydrogen (secondary N) is 1. The molecular formula is C16H26ClNO2S. The summed E-state index contributed by atoms with van der Waals surface area (Å²) in [5.74, 6) is 0.752. The Morgan fingerprint density at radius 1 is 1.48 bits per heavy atom. The van der Waals surface area contributed by atoms with Crippen molar-refractivity contribution in [2.75, 3.05) is 13.2 Å². The van der Waals surface area contributed by atoms with E-state index >= 15 is 0 Å². The van der Waals surface area contributed by atoms with Gasteiger partial charge in [-0.2, -0.15) is 0 Å². The maximum Gasteiger partial charge on any atom is 0.0931 e. The highest BCUT2D eigenvalue weighted by Gasteiger charge is 2.20. The normalized spacial score (nSPS) is 25.7. The molecule has 1 aliphatic rings. The standard InChI is InChI=1S/C16H26ClNO2S/c1-11-4-3-5-14(8-11)20-10-13(19)9-18-12(2)15-6-7-16(17)21-15/h6-7,11-14,18-19H,3-5,8-10H2,1-2H3. The van der Waals surface area contributed by atoms with E-state index in [1.54, 1.807) is 11.3 Å². The molecule has 1 aromatic heterocycles. The highest BCUT2D eigenvalue weighted by Crippen LogP contribution is 2.27. The zero-order valence-electron chi connectivity index (χ0n) is 12.8. The second-order valence-corrected chi connectivity index (χ2v) is 7.90. The molecule has 0 radical (unpaired) electrons. The van der Waals surface area contributed by atoms with Gasteiger partial charge in [0.25, 0.3) is 0 Å². The molecule has 1 heterocycles. The van der Waals surface area contributed by atoms with Crippen LogP contribution in [0.1, 0.15) is 50.4 Å². The molecule has 5 heteroatoms. The minimum Gasteiger partial charge on any atom is -0.389 e. The zero-order valence-corrected chi connectivity index (χ0v) is 14.4. The van der Waals surface area contributed by atoms with Gasteiger partial charge in [-0.25, -0.2) is 0 Å². The molecule has 1 aliphatic carbocycles. The van der Waals surface area contributed by atoms with Crippen LogP contribution < -0.4 is 5.32 Å². The summed E-state index contributed by atoms with van der Waals surface area (Å²) < 4.78 is 6.65. The van der Waals surface area contributed by atoms with Gasteiger partial charge in [-0.3, -0.25) is 0 Å². The number of thiophene rings is 1. The third-order valence-electron chi connectivity index (χ3n) is 4.09. The number of rotatable bonds is 7. The summed E-state index contributed by atoms with van der Waals surface area (Å²) in [6, 6.07) is 4.13. The number of aliphatic hydroxyl groups is 1. The number of aliphatic hydroxyl groups excluding tert-OH is 1. The van der Waals surface area contributed by atoms with E-state index in [1.807, 2.05) is 12.1 Å². The lowest BCUT2D eigenvalue weighted by Crippen LogP contribution is -2.34. The summed E-state index contributed by atoms with van der Waals surface area (Å²) in [7, 11) is 0. The van der Waals surface area contributed by atoms with Crippen LogP contribution in [0.25, 0.3) is 0 Å².